The van der Waals surface area contributed by atoms with Gasteiger partial charge >= 0.3 is 0 Å². The van der Waals surface area contributed by atoms with Gasteiger partial charge in [0, 0.05) is 26.2 Å². The lowest BCUT2D eigenvalue weighted by molar-refractivity contribution is 0.308. The molecule has 0 spiro atoms. The average Bonchev–Trinajstić information content (AvgIpc) is 2.44. The van der Waals surface area contributed by atoms with Crippen LogP contribution < -0.4 is 10.1 Å². The van der Waals surface area contributed by atoms with E-state index in [1.165, 1.54) is 4.31 Å². The van der Waals surface area contributed by atoms with E-state index in [1.807, 2.05) is 6.92 Å². The first-order chi connectivity index (χ1) is 9.87. The number of hydrogen-bond acceptors (Lipinski definition) is 4. The first kappa shape index (κ1) is 17.9. The Morgan fingerprint density at radius 2 is 1.86 bits per heavy atom. The number of ether oxygens (including phenoxy) is 1. The summed E-state index contributed by atoms with van der Waals surface area (Å²) in [7, 11) is -1.79. The Labute approximate surface area is 128 Å². The Kier molecular flexibility index (Phi) is 7.14. The highest BCUT2D eigenvalue weighted by molar-refractivity contribution is 7.89. The van der Waals surface area contributed by atoms with Crippen LogP contribution in [0.1, 0.15) is 27.2 Å². The van der Waals surface area contributed by atoms with Crippen molar-refractivity contribution in [1.82, 2.24) is 9.62 Å². The summed E-state index contributed by atoms with van der Waals surface area (Å²) < 4.78 is 31.4. The smallest absolute Gasteiger partial charge is 0.242 e. The SMILES string of the molecule is CCCN(C)S(=O)(=O)c1ccc(OCCNC(C)C)cc1. The maximum atomic E-state index is 12.2. The van der Waals surface area contributed by atoms with Gasteiger partial charge in [0.25, 0.3) is 0 Å². The molecule has 0 aliphatic heterocycles. The van der Waals surface area contributed by atoms with Gasteiger partial charge in [0.2, 0.25) is 10.0 Å². The molecule has 0 unspecified atom stereocenters. The number of benzene rings is 1. The van der Waals surface area contributed by atoms with Crippen molar-refractivity contribution in [3.05, 3.63) is 24.3 Å². The van der Waals surface area contributed by atoms with E-state index in [0.29, 0.717) is 29.8 Å². The lowest BCUT2D eigenvalue weighted by Crippen LogP contribution is -2.28. The fourth-order valence-electron chi connectivity index (χ4n) is 1.84. The molecule has 6 heteroatoms. The van der Waals surface area contributed by atoms with Crippen molar-refractivity contribution in [2.24, 2.45) is 0 Å². The largest absolute Gasteiger partial charge is 0.492 e. The van der Waals surface area contributed by atoms with E-state index < -0.39 is 10.0 Å². The van der Waals surface area contributed by atoms with Gasteiger partial charge in [-0.3, -0.25) is 0 Å². The van der Waals surface area contributed by atoms with E-state index in [9.17, 15) is 8.42 Å². The van der Waals surface area contributed by atoms with E-state index >= 15 is 0 Å². The highest BCUT2D eigenvalue weighted by Crippen LogP contribution is 2.18. The maximum absolute atomic E-state index is 12.2. The molecular weight excluding hydrogens is 288 g/mol. The van der Waals surface area contributed by atoms with Crippen LogP contribution in [0, 0.1) is 0 Å². The van der Waals surface area contributed by atoms with Crippen molar-refractivity contribution < 1.29 is 13.2 Å². The number of nitrogens with one attached hydrogen (secondary N) is 1. The molecule has 0 radical (unpaired) electrons. The number of rotatable bonds is 9. The van der Waals surface area contributed by atoms with Crippen LogP contribution in [0.2, 0.25) is 0 Å². The molecule has 0 amide bonds. The Hall–Kier alpha value is -1.11. The molecule has 0 aromatic heterocycles. The lowest BCUT2D eigenvalue weighted by atomic mass is 10.3. The van der Waals surface area contributed by atoms with E-state index in [1.54, 1.807) is 31.3 Å². The summed E-state index contributed by atoms with van der Waals surface area (Å²) in [5, 5.41) is 3.25. The van der Waals surface area contributed by atoms with Gasteiger partial charge in [0.05, 0.1) is 4.90 Å². The fraction of sp³-hybridized carbons (Fsp3) is 0.600. The van der Waals surface area contributed by atoms with Crippen LogP contribution in [0.5, 0.6) is 5.75 Å². The quantitative estimate of drug-likeness (QED) is 0.709. The zero-order chi connectivity index (χ0) is 15.9. The zero-order valence-electron chi connectivity index (χ0n) is 13.3. The van der Waals surface area contributed by atoms with Crippen LogP contribution in [0.3, 0.4) is 0 Å². The summed E-state index contributed by atoms with van der Waals surface area (Å²) in [6, 6.07) is 7.00. The van der Waals surface area contributed by atoms with Gasteiger partial charge in [-0.25, -0.2) is 12.7 Å². The van der Waals surface area contributed by atoms with Gasteiger partial charge in [-0.2, -0.15) is 0 Å². The normalized spacial score (nSPS) is 12.1. The Morgan fingerprint density at radius 3 is 2.38 bits per heavy atom. The average molecular weight is 314 g/mol. The molecule has 1 N–H and O–H groups in total. The Balaban J connectivity index is 2.61. The second kappa shape index (κ2) is 8.36. The highest BCUT2D eigenvalue weighted by Gasteiger charge is 2.19. The summed E-state index contributed by atoms with van der Waals surface area (Å²) in [5.41, 5.74) is 0. The minimum absolute atomic E-state index is 0.297. The number of nitrogens with zero attached hydrogens (tertiary/aromatic N) is 1. The minimum atomic E-state index is -3.39. The van der Waals surface area contributed by atoms with Crippen molar-refractivity contribution in [1.29, 1.82) is 0 Å². The second-order valence-corrected chi connectivity index (χ2v) is 7.30. The molecule has 21 heavy (non-hydrogen) atoms. The van der Waals surface area contributed by atoms with E-state index in [-0.39, 0.29) is 0 Å². The Bertz CT molecular complexity index is 512. The number of hydrogen-bond donors (Lipinski definition) is 1. The van der Waals surface area contributed by atoms with Crippen molar-refractivity contribution in [3.8, 4) is 5.75 Å². The predicted molar refractivity (Wildman–Crippen MR) is 85.2 cm³/mol. The Morgan fingerprint density at radius 1 is 1.24 bits per heavy atom. The second-order valence-electron chi connectivity index (χ2n) is 5.26. The molecule has 5 nitrogen and oxygen atoms in total. The van der Waals surface area contributed by atoms with Gasteiger partial charge in [-0.05, 0) is 30.7 Å². The lowest BCUT2D eigenvalue weighted by Gasteiger charge is -2.16. The molecule has 1 aromatic carbocycles. The van der Waals surface area contributed by atoms with Gasteiger partial charge in [0.1, 0.15) is 12.4 Å². The third-order valence-corrected chi connectivity index (χ3v) is 4.86. The molecule has 0 saturated carbocycles. The number of sulfonamides is 1. The van der Waals surface area contributed by atoms with E-state index in [2.05, 4.69) is 19.2 Å². The third kappa shape index (κ3) is 5.65. The molecule has 0 atom stereocenters. The van der Waals surface area contributed by atoms with Crippen LogP contribution >= 0.6 is 0 Å². The molecule has 0 saturated heterocycles. The zero-order valence-corrected chi connectivity index (χ0v) is 14.1. The summed E-state index contributed by atoms with van der Waals surface area (Å²) in [6.45, 7) is 7.94. The van der Waals surface area contributed by atoms with Crippen molar-refractivity contribution in [2.75, 3.05) is 26.7 Å². The summed E-state index contributed by atoms with van der Waals surface area (Å²) in [4.78, 5) is 0.297. The van der Waals surface area contributed by atoms with Gasteiger partial charge in [-0.15, -0.1) is 0 Å². The molecule has 0 fully saturated rings. The molecular formula is C15H26N2O3S. The first-order valence-corrected chi connectivity index (χ1v) is 8.74. The molecule has 0 aliphatic rings. The molecule has 120 valence electrons. The third-order valence-electron chi connectivity index (χ3n) is 2.99. The van der Waals surface area contributed by atoms with E-state index in [0.717, 1.165) is 13.0 Å². The van der Waals surface area contributed by atoms with E-state index in [4.69, 9.17) is 4.74 Å². The van der Waals surface area contributed by atoms with Crippen LogP contribution in [0.25, 0.3) is 0 Å². The summed E-state index contributed by atoms with van der Waals surface area (Å²) >= 11 is 0. The van der Waals surface area contributed by atoms with Crippen molar-refractivity contribution in [2.45, 2.75) is 38.1 Å². The monoisotopic (exact) mass is 314 g/mol. The van der Waals surface area contributed by atoms with Crippen molar-refractivity contribution in [3.63, 3.8) is 0 Å². The fourth-order valence-corrected chi connectivity index (χ4v) is 3.10. The van der Waals surface area contributed by atoms with Gasteiger partial charge in [0.15, 0.2) is 0 Å². The van der Waals surface area contributed by atoms with Gasteiger partial charge in [-0.1, -0.05) is 20.8 Å². The minimum Gasteiger partial charge on any atom is -0.492 e. The maximum Gasteiger partial charge on any atom is 0.242 e. The molecule has 1 rings (SSSR count). The highest BCUT2D eigenvalue weighted by atomic mass is 32.2. The van der Waals surface area contributed by atoms with Crippen LogP contribution in [0.4, 0.5) is 0 Å². The molecule has 1 aromatic rings. The van der Waals surface area contributed by atoms with Gasteiger partial charge < -0.3 is 10.1 Å². The summed E-state index contributed by atoms with van der Waals surface area (Å²) in [5.74, 6) is 0.678. The molecule has 0 aliphatic carbocycles. The van der Waals surface area contributed by atoms with Crippen LogP contribution in [0.15, 0.2) is 29.2 Å². The molecule has 0 bridgehead atoms. The van der Waals surface area contributed by atoms with Crippen LogP contribution in [-0.2, 0) is 10.0 Å². The molecule has 0 heterocycles. The van der Waals surface area contributed by atoms with Crippen molar-refractivity contribution >= 4 is 10.0 Å². The predicted octanol–water partition coefficient (Wildman–Crippen LogP) is 2.09. The summed E-state index contributed by atoms with van der Waals surface area (Å²) in [6.07, 6.45) is 0.791. The standard InChI is InChI=1S/C15H26N2O3S/c1-5-11-17(4)21(18,19)15-8-6-14(7-9-15)20-12-10-16-13(2)3/h6-9,13,16H,5,10-12H2,1-4H3. The first-order valence-electron chi connectivity index (χ1n) is 7.30. The topological polar surface area (TPSA) is 58.6 Å². The van der Waals surface area contributed by atoms with Crippen LogP contribution in [-0.4, -0.2) is 45.5 Å².